The average molecular weight is 206 g/mol. The lowest BCUT2D eigenvalue weighted by atomic mass is 10.1. The molecule has 0 unspecified atom stereocenters. The Hall–Kier alpha value is -1.06. The van der Waals surface area contributed by atoms with E-state index in [1.165, 1.54) is 5.56 Å². The van der Waals surface area contributed by atoms with Crippen LogP contribution in [-0.2, 0) is 0 Å². The van der Waals surface area contributed by atoms with Crippen LogP contribution in [0.4, 0.5) is 0 Å². The first kappa shape index (κ1) is 10.5. The second kappa shape index (κ2) is 5.14. The van der Waals surface area contributed by atoms with Crippen LogP contribution in [-0.4, -0.2) is 26.2 Å². The molecule has 82 valence electrons. The molecule has 3 heteroatoms. The van der Waals surface area contributed by atoms with Crippen LogP contribution in [0.5, 0.6) is 5.75 Å². The number of ether oxygens (including phenoxy) is 1. The quantitative estimate of drug-likeness (QED) is 0.782. The zero-order valence-electron chi connectivity index (χ0n) is 9.12. The first-order valence-corrected chi connectivity index (χ1v) is 5.57. The van der Waals surface area contributed by atoms with Gasteiger partial charge >= 0.3 is 0 Å². The molecule has 0 aliphatic carbocycles. The van der Waals surface area contributed by atoms with E-state index in [9.17, 15) is 0 Å². The number of hydrogen-bond acceptors (Lipinski definition) is 3. The number of nitrogens with one attached hydrogen (secondary N) is 2. The fourth-order valence-electron chi connectivity index (χ4n) is 1.88. The third-order valence-corrected chi connectivity index (χ3v) is 2.61. The normalized spacial score (nSPS) is 21.3. The van der Waals surface area contributed by atoms with Crippen molar-refractivity contribution in [3.8, 4) is 5.75 Å². The zero-order valence-corrected chi connectivity index (χ0v) is 9.12. The summed E-state index contributed by atoms with van der Waals surface area (Å²) in [5, 5.41) is 6.87. The van der Waals surface area contributed by atoms with Crippen LogP contribution in [0.15, 0.2) is 24.3 Å². The summed E-state index contributed by atoms with van der Waals surface area (Å²) in [6, 6.07) is 8.74. The van der Waals surface area contributed by atoms with Gasteiger partial charge < -0.3 is 15.4 Å². The average Bonchev–Trinajstić information content (AvgIpc) is 2.31. The van der Waals surface area contributed by atoms with Gasteiger partial charge in [-0.1, -0.05) is 12.1 Å². The first-order chi connectivity index (χ1) is 7.40. The largest absolute Gasteiger partial charge is 0.494 e. The van der Waals surface area contributed by atoms with Crippen LogP contribution in [0.2, 0.25) is 0 Å². The molecular formula is C12H18N2O. The molecule has 2 N–H and O–H groups in total. The van der Waals surface area contributed by atoms with E-state index in [4.69, 9.17) is 4.74 Å². The highest BCUT2D eigenvalue weighted by Crippen LogP contribution is 2.19. The van der Waals surface area contributed by atoms with Crippen molar-refractivity contribution in [1.29, 1.82) is 0 Å². The Balaban J connectivity index is 2.09. The van der Waals surface area contributed by atoms with E-state index >= 15 is 0 Å². The molecule has 1 heterocycles. The van der Waals surface area contributed by atoms with Gasteiger partial charge in [0.2, 0.25) is 0 Å². The van der Waals surface area contributed by atoms with Gasteiger partial charge in [-0.3, -0.25) is 0 Å². The summed E-state index contributed by atoms with van der Waals surface area (Å²) in [5.74, 6) is 0.961. The summed E-state index contributed by atoms with van der Waals surface area (Å²) >= 11 is 0. The minimum Gasteiger partial charge on any atom is -0.494 e. The summed E-state index contributed by atoms with van der Waals surface area (Å²) in [7, 11) is 0. The molecule has 0 amide bonds. The molecule has 1 aromatic carbocycles. The van der Waals surface area contributed by atoms with Gasteiger partial charge in [-0.15, -0.1) is 0 Å². The van der Waals surface area contributed by atoms with E-state index in [0.29, 0.717) is 6.04 Å². The van der Waals surface area contributed by atoms with Crippen LogP contribution in [0.3, 0.4) is 0 Å². The second-order valence-electron chi connectivity index (χ2n) is 3.72. The number of hydrogen-bond donors (Lipinski definition) is 2. The Morgan fingerprint density at radius 2 is 2.33 bits per heavy atom. The molecule has 1 saturated heterocycles. The van der Waals surface area contributed by atoms with Gasteiger partial charge in [-0.05, 0) is 24.6 Å². The highest BCUT2D eigenvalue weighted by Gasteiger charge is 2.14. The standard InChI is InChI=1S/C12H18N2O/c1-2-15-11-5-3-4-10(8-11)12-9-13-6-7-14-12/h3-5,8,12-14H,2,6-7,9H2,1H3/t12-/m0/s1. The monoisotopic (exact) mass is 206 g/mol. The van der Waals surface area contributed by atoms with E-state index in [0.717, 1.165) is 32.0 Å². The van der Waals surface area contributed by atoms with Gasteiger partial charge in [-0.25, -0.2) is 0 Å². The number of rotatable bonds is 3. The summed E-state index contributed by atoms with van der Waals surface area (Å²) in [6.07, 6.45) is 0. The molecule has 1 fully saturated rings. The Bertz CT molecular complexity index is 308. The van der Waals surface area contributed by atoms with Gasteiger partial charge in [0, 0.05) is 25.7 Å². The van der Waals surface area contributed by atoms with Gasteiger partial charge in [-0.2, -0.15) is 0 Å². The fraction of sp³-hybridized carbons (Fsp3) is 0.500. The summed E-state index contributed by atoms with van der Waals surface area (Å²) in [5.41, 5.74) is 1.30. The minimum absolute atomic E-state index is 0.416. The molecule has 0 aromatic heterocycles. The lowest BCUT2D eigenvalue weighted by Crippen LogP contribution is -2.42. The Morgan fingerprint density at radius 3 is 3.07 bits per heavy atom. The highest BCUT2D eigenvalue weighted by atomic mass is 16.5. The molecule has 0 spiro atoms. The lowest BCUT2D eigenvalue weighted by Gasteiger charge is -2.25. The van der Waals surface area contributed by atoms with Gasteiger partial charge in [0.05, 0.1) is 6.61 Å². The van der Waals surface area contributed by atoms with E-state index < -0.39 is 0 Å². The van der Waals surface area contributed by atoms with Crippen molar-refractivity contribution in [2.24, 2.45) is 0 Å². The molecule has 1 aromatic rings. The topological polar surface area (TPSA) is 33.3 Å². The van der Waals surface area contributed by atoms with Crippen molar-refractivity contribution in [3.63, 3.8) is 0 Å². The maximum atomic E-state index is 5.49. The fourth-order valence-corrected chi connectivity index (χ4v) is 1.88. The second-order valence-corrected chi connectivity index (χ2v) is 3.72. The van der Waals surface area contributed by atoms with Crippen molar-refractivity contribution < 1.29 is 4.74 Å². The van der Waals surface area contributed by atoms with Crippen molar-refractivity contribution in [1.82, 2.24) is 10.6 Å². The summed E-state index contributed by atoms with van der Waals surface area (Å²) in [4.78, 5) is 0. The molecule has 1 aliphatic heterocycles. The minimum atomic E-state index is 0.416. The predicted molar refractivity (Wildman–Crippen MR) is 61.2 cm³/mol. The van der Waals surface area contributed by atoms with Crippen LogP contribution in [0, 0.1) is 0 Å². The van der Waals surface area contributed by atoms with E-state index in [1.807, 2.05) is 13.0 Å². The number of piperazine rings is 1. The Kier molecular flexibility index (Phi) is 3.59. The lowest BCUT2D eigenvalue weighted by molar-refractivity contribution is 0.338. The van der Waals surface area contributed by atoms with Crippen LogP contribution in [0.25, 0.3) is 0 Å². The van der Waals surface area contributed by atoms with Gasteiger partial charge in [0.1, 0.15) is 5.75 Å². The van der Waals surface area contributed by atoms with E-state index in [2.05, 4.69) is 28.8 Å². The third-order valence-electron chi connectivity index (χ3n) is 2.61. The van der Waals surface area contributed by atoms with Crippen molar-refractivity contribution >= 4 is 0 Å². The predicted octanol–water partition coefficient (Wildman–Crippen LogP) is 1.32. The van der Waals surface area contributed by atoms with Crippen molar-refractivity contribution in [2.75, 3.05) is 26.2 Å². The molecular weight excluding hydrogens is 188 g/mol. The maximum absolute atomic E-state index is 5.49. The molecule has 0 saturated carbocycles. The third kappa shape index (κ3) is 2.70. The van der Waals surface area contributed by atoms with Crippen LogP contribution in [0.1, 0.15) is 18.5 Å². The Morgan fingerprint density at radius 1 is 1.40 bits per heavy atom. The molecule has 0 radical (unpaired) electrons. The maximum Gasteiger partial charge on any atom is 0.119 e. The number of benzene rings is 1. The SMILES string of the molecule is CCOc1cccc([C@@H]2CNCCN2)c1. The van der Waals surface area contributed by atoms with Gasteiger partial charge in [0.25, 0.3) is 0 Å². The summed E-state index contributed by atoms with van der Waals surface area (Å²) in [6.45, 7) is 5.81. The van der Waals surface area contributed by atoms with Crippen molar-refractivity contribution in [2.45, 2.75) is 13.0 Å². The van der Waals surface area contributed by atoms with Crippen LogP contribution < -0.4 is 15.4 Å². The Labute approximate surface area is 90.8 Å². The molecule has 3 nitrogen and oxygen atoms in total. The first-order valence-electron chi connectivity index (χ1n) is 5.57. The molecule has 1 aliphatic rings. The molecule has 0 bridgehead atoms. The van der Waals surface area contributed by atoms with Gasteiger partial charge in [0.15, 0.2) is 0 Å². The summed E-state index contributed by atoms with van der Waals surface area (Å²) < 4.78 is 5.49. The molecule has 1 atom stereocenters. The van der Waals surface area contributed by atoms with Crippen LogP contribution >= 0.6 is 0 Å². The van der Waals surface area contributed by atoms with Crippen molar-refractivity contribution in [3.05, 3.63) is 29.8 Å². The van der Waals surface area contributed by atoms with E-state index in [1.54, 1.807) is 0 Å². The molecule has 2 rings (SSSR count). The van der Waals surface area contributed by atoms with E-state index in [-0.39, 0.29) is 0 Å². The zero-order chi connectivity index (χ0) is 10.5. The molecule has 15 heavy (non-hydrogen) atoms. The smallest absolute Gasteiger partial charge is 0.119 e. The highest BCUT2D eigenvalue weighted by molar-refractivity contribution is 5.31.